The molecule has 2 rings (SSSR count). The molecule has 0 amide bonds. The minimum Gasteiger partial charge on any atom is -0.465 e. The third-order valence-corrected chi connectivity index (χ3v) is 5.97. The van der Waals surface area contributed by atoms with Crippen molar-refractivity contribution in [3.05, 3.63) is 41.5 Å². The molecule has 0 spiro atoms. The average Bonchev–Trinajstić information content (AvgIpc) is 2.53. The molecule has 1 aromatic rings. The second-order valence-corrected chi connectivity index (χ2v) is 7.83. The minimum absolute atomic E-state index is 0.0306. The minimum atomic E-state index is -3.88. The van der Waals surface area contributed by atoms with Crippen LogP contribution in [0.5, 0.6) is 0 Å². The lowest BCUT2D eigenvalue weighted by Gasteiger charge is -2.30. The first-order valence-corrected chi connectivity index (χ1v) is 9.70. The summed E-state index contributed by atoms with van der Waals surface area (Å²) in [6.07, 6.45) is 9.09. The van der Waals surface area contributed by atoms with E-state index in [2.05, 4.69) is 5.92 Å². The second-order valence-electron chi connectivity index (χ2n) is 5.94. The van der Waals surface area contributed by atoms with Gasteiger partial charge in [-0.3, -0.25) is 4.79 Å². The Kier molecular flexibility index (Phi) is 6.40. The van der Waals surface area contributed by atoms with E-state index in [0.29, 0.717) is 0 Å². The van der Waals surface area contributed by atoms with Gasteiger partial charge < -0.3 is 4.74 Å². The van der Waals surface area contributed by atoms with Gasteiger partial charge in [-0.25, -0.2) is 8.42 Å². The normalized spacial score (nSPS) is 15.0. The lowest BCUT2D eigenvalue weighted by atomic mass is 9.99. The van der Waals surface area contributed by atoms with Crippen LogP contribution in [0.15, 0.2) is 40.8 Å². The number of terminal acetylenes is 1. The first-order chi connectivity index (χ1) is 11.9. The lowest BCUT2D eigenvalue weighted by Crippen LogP contribution is -2.47. The molecule has 1 aliphatic carbocycles. The molecule has 0 fully saturated rings. The number of rotatable bonds is 8. The molecule has 0 N–H and O–H groups in total. The summed E-state index contributed by atoms with van der Waals surface area (Å²) >= 11 is 0. The van der Waals surface area contributed by atoms with Crippen molar-refractivity contribution in [3.8, 4) is 12.3 Å². The Morgan fingerprint density at radius 1 is 1.36 bits per heavy atom. The van der Waals surface area contributed by atoms with Crippen LogP contribution in [-0.2, 0) is 19.6 Å². The van der Waals surface area contributed by atoms with Crippen LogP contribution in [0.25, 0.3) is 0 Å². The summed E-state index contributed by atoms with van der Waals surface area (Å²) in [5, 5.41) is 0. The van der Waals surface area contributed by atoms with Crippen LogP contribution in [0, 0.1) is 19.3 Å². The Labute approximate surface area is 149 Å². The van der Waals surface area contributed by atoms with Gasteiger partial charge in [0, 0.05) is 13.0 Å². The molecule has 134 valence electrons. The lowest BCUT2D eigenvalue weighted by molar-refractivity contribution is -0.147. The fraction of sp³-hybridized carbons (Fsp3) is 0.421. The topological polar surface area (TPSA) is 63.7 Å². The van der Waals surface area contributed by atoms with Gasteiger partial charge in [0.1, 0.15) is 6.04 Å². The van der Waals surface area contributed by atoms with Crippen LogP contribution in [0.4, 0.5) is 0 Å². The monoisotopic (exact) mass is 361 g/mol. The van der Waals surface area contributed by atoms with Crippen molar-refractivity contribution in [1.29, 1.82) is 0 Å². The molecule has 0 heterocycles. The quantitative estimate of drug-likeness (QED) is 0.406. The van der Waals surface area contributed by atoms with Gasteiger partial charge in [0.05, 0.1) is 11.5 Å². The number of benzene rings is 1. The summed E-state index contributed by atoms with van der Waals surface area (Å²) in [5.41, 5.74) is 1.94. The van der Waals surface area contributed by atoms with Gasteiger partial charge in [-0.15, -0.1) is 12.3 Å². The number of carbonyl (C=O) groups excluding carboxylic acids is 1. The zero-order chi connectivity index (χ0) is 18.4. The highest BCUT2D eigenvalue weighted by Crippen LogP contribution is 2.26. The van der Waals surface area contributed by atoms with Crippen molar-refractivity contribution in [1.82, 2.24) is 4.31 Å². The highest BCUT2D eigenvalue weighted by atomic mass is 32.2. The number of esters is 1. The van der Waals surface area contributed by atoms with Gasteiger partial charge >= 0.3 is 5.97 Å². The standard InChI is InChI=1S/C19H23NO4S/c1-4-7-18(19(21)24-5-2)20(14-16-8-6-9-16)25(22,23)17-12-10-15(3)11-13-17/h1,8,10-13,18H,5-7,9,14H2,2-3H3. The number of carbonyl (C=O) groups is 1. The summed E-state index contributed by atoms with van der Waals surface area (Å²) in [6.45, 7) is 3.88. The van der Waals surface area contributed by atoms with E-state index in [4.69, 9.17) is 11.2 Å². The molecule has 0 aromatic heterocycles. The summed E-state index contributed by atoms with van der Waals surface area (Å²) in [7, 11) is -3.88. The Morgan fingerprint density at radius 2 is 2.00 bits per heavy atom. The summed E-state index contributed by atoms with van der Waals surface area (Å²) in [6, 6.07) is 5.52. The molecule has 0 aliphatic heterocycles. The van der Waals surface area contributed by atoms with Crippen molar-refractivity contribution >= 4 is 16.0 Å². The van der Waals surface area contributed by atoms with Crippen molar-refractivity contribution in [3.63, 3.8) is 0 Å². The van der Waals surface area contributed by atoms with Crippen LogP contribution in [0.1, 0.15) is 31.7 Å². The van der Waals surface area contributed by atoms with Gasteiger partial charge in [-0.1, -0.05) is 29.3 Å². The Morgan fingerprint density at radius 3 is 2.48 bits per heavy atom. The maximum Gasteiger partial charge on any atom is 0.325 e. The second kappa shape index (κ2) is 8.32. The van der Waals surface area contributed by atoms with E-state index in [9.17, 15) is 13.2 Å². The highest BCUT2D eigenvalue weighted by Gasteiger charge is 2.37. The maximum absolute atomic E-state index is 13.2. The molecule has 1 atom stereocenters. The van der Waals surface area contributed by atoms with Crippen molar-refractivity contribution in [2.45, 2.75) is 44.0 Å². The molecular formula is C19H23NO4S. The molecule has 0 bridgehead atoms. The molecule has 6 heteroatoms. The molecule has 0 saturated carbocycles. The number of nitrogens with zero attached hydrogens (tertiary/aromatic N) is 1. The van der Waals surface area contributed by atoms with Crippen LogP contribution < -0.4 is 0 Å². The van der Waals surface area contributed by atoms with E-state index in [1.54, 1.807) is 31.2 Å². The van der Waals surface area contributed by atoms with Gasteiger partial charge in [-0.2, -0.15) is 4.31 Å². The van der Waals surface area contributed by atoms with E-state index < -0.39 is 22.0 Å². The number of sulfonamides is 1. The first kappa shape index (κ1) is 19.2. The largest absolute Gasteiger partial charge is 0.465 e. The Bertz CT molecular complexity index is 788. The molecule has 5 nitrogen and oxygen atoms in total. The van der Waals surface area contributed by atoms with Crippen LogP contribution in [0.2, 0.25) is 0 Å². The van der Waals surface area contributed by atoms with Gasteiger partial charge in [0.2, 0.25) is 10.0 Å². The number of hydrogen-bond acceptors (Lipinski definition) is 4. The average molecular weight is 361 g/mol. The maximum atomic E-state index is 13.2. The fourth-order valence-electron chi connectivity index (χ4n) is 2.55. The Hall–Kier alpha value is -2.10. The first-order valence-electron chi connectivity index (χ1n) is 8.26. The summed E-state index contributed by atoms with van der Waals surface area (Å²) in [5.74, 6) is 1.79. The van der Waals surface area contributed by atoms with Gasteiger partial charge in [0.25, 0.3) is 0 Å². The third-order valence-electron chi connectivity index (χ3n) is 4.10. The van der Waals surface area contributed by atoms with E-state index in [-0.39, 0.29) is 24.5 Å². The third kappa shape index (κ3) is 4.50. The van der Waals surface area contributed by atoms with E-state index in [0.717, 1.165) is 24.0 Å². The molecule has 0 radical (unpaired) electrons. The van der Waals surface area contributed by atoms with E-state index >= 15 is 0 Å². The number of aryl methyl sites for hydroxylation is 1. The molecule has 1 unspecified atom stereocenters. The summed E-state index contributed by atoms with van der Waals surface area (Å²) < 4.78 is 32.6. The predicted octanol–water partition coefficient (Wildman–Crippen LogP) is 2.66. The van der Waals surface area contributed by atoms with Crippen molar-refractivity contribution in [2.24, 2.45) is 0 Å². The van der Waals surface area contributed by atoms with E-state index in [1.165, 1.54) is 4.31 Å². The molecule has 0 saturated heterocycles. The predicted molar refractivity (Wildman–Crippen MR) is 96.3 cm³/mol. The van der Waals surface area contributed by atoms with Gasteiger partial charge in [-0.05, 0) is 38.8 Å². The number of ether oxygens (including phenoxy) is 1. The molecule has 1 aromatic carbocycles. The molecule has 1 aliphatic rings. The SMILES string of the molecule is C#CCC(C(=O)OCC)N(CC1=CCC1)S(=O)(=O)c1ccc(C)cc1. The fourth-order valence-corrected chi connectivity index (χ4v) is 4.14. The van der Waals surface area contributed by atoms with Crippen LogP contribution >= 0.6 is 0 Å². The van der Waals surface area contributed by atoms with E-state index in [1.807, 2.05) is 13.0 Å². The van der Waals surface area contributed by atoms with Crippen LogP contribution in [-0.4, -0.2) is 37.9 Å². The van der Waals surface area contributed by atoms with Crippen LogP contribution in [0.3, 0.4) is 0 Å². The smallest absolute Gasteiger partial charge is 0.325 e. The number of hydrogen-bond donors (Lipinski definition) is 0. The zero-order valence-electron chi connectivity index (χ0n) is 14.6. The van der Waals surface area contributed by atoms with Crippen molar-refractivity contribution < 1.29 is 17.9 Å². The number of allylic oxidation sites excluding steroid dienone is 1. The summed E-state index contributed by atoms with van der Waals surface area (Å²) in [4.78, 5) is 12.5. The zero-order valence-corrected chi connectivity index (χ0v) is 15.4. The highest BCUT2D eigenvalue weighted by molar-refractivity contribution is 7.89. The molecular weight excluding hydrogens is 338 g/mol. The Balaban J connectivity index is 2.44. The van der Waals surface area contributed by atoms with Gasteiger partial charge in [0.15, 0.2) is 0 Å². The van der Waals surface area contributed by atoms with Crippen molar-refractivity contribution in [2.75, 3.05) is 13.2 Å². The molecule has 25 heavy (non-hydrogen) atoms.